The number of hydrogen-bond donors (Lipinski definition) is 4. The van der Waals surface area contributed by atoms with Crippen LogP contribution in [0.25, 0.3) is 21.3 Å². The Bertz CT molecular complexity index is 1610. The molecule has 0 aliphatic carbocycles. The number of quaternary nitrogens is 1. The maximum absolute atomic E-state index is 13.1. The lowest BCUT2D eigenvalue weighted by atomic mass is 9.94. The van der Waals surface area contributed by atoms with Crippen LogP contribution in [0.3, 0.4) is 0 Å². The number of carbonyl (C=O) groups excluding carboxylic acids is 4. The molecule has 0 aliphatic rings. The fraction of sp³-hybridized carbons (Fsp3) is 0.136. The number of aromatic nitrogens is 3. The fourth-order valence-electron chi connectivity index (χ4n) is 3.39. The molecule has 14 heteroatoms. The number of Topliss-reactive ketones (excluding diaryl/α,β-unsaturated/α-hetero) is 2. The Labute approximate surface area is 204 Å². The molecule has 0 spiro atoms. The van der Waals surface area contributed by atoms with E-state index < -0.39 is 45.8 Å². The normalized spacial score (nSPS) is 12.8. The number of fused-ring (bicyclic) bond motifs is 2. The lowest BCUT2D eigenvalue weighted by molar-refractivity contribution is -0.991. The Hall–Kier alpha value is -4.37. The minimum Gasteiger partial charge on any atom is -0.595 e. The minimum atomic E-state index is -2.21. The van der Waals surface area contributed by atoms with Gasteiger partial charge in [0.05, 0.1) is 28.4 Å². The van der Waals surface area contributed by atoms with E-state index in [0.29, 0.717) is 5.52 Å². The first-order valence-corrected chi connectivity index (χ1v) is 11.0. The zero-order valence-electron chi connectivity index (χ0n) is 18.6. The van der Waals surface area contributed by atoms with Crippen LogP contribution < -0.4 is 16.1 Å². The van der Waals surface area contributed by atoms with Gasteiger partial charge in [0, 0.05) is 12.1 Å². The number of H-pyrrole nitrogens is 1. The number of ketones is 2. The Kier molecular flexibility index (Phi) is 6.67. The molecule has 13 nitrogen and oxygen atoms in total. The maximum Gasteiger partial charge on any atom is 0.375 e. The number of amides is 1. The number of methoxy groups -OCH3 is 1. The predicted molar refractivity (Wildman–Crippen MR) is 126 cm³/mol. The van der Waals surface area contributed by atoms with Gasteiger partial charge in [-0.25, -0.2) is 20.0 Å². The van der Waals surface area contributed by atoms with Crippen LogP contribution in [0, 0.1) is 12.1 Å². The van der Waals surface area contributed by atoms with E-state index in [-0.39, 0.29) is 21.9 Å². The number of aromatic amines is 1. The average molecular weight is 511 g/mol. The molecule has 1 amide bonds. The number of thiazole rings is 1. The van der Waals surface area contributed by atoms with E-state index in [1.807, 2.05) is 19.1 Å². The molecule has 2 aromatic heterocycles. The highest BCUT2D eigenvalue weighted by molar-refractivity contribution is 7.22. The quantitative estimate of drug-likeness (QED) is 0.116. The van der Waals surface area contributed by atoms with Gasteiger partial charge in [-0.1, -0.05) is 17.4 Å². The third kappa shape index (κ3) is 4.73. The van der Waals surface area contributed by atoms with Crippen molar-refractivity contribution in [1.29, 1.82) is 0 Å². The number of hydrogen-bond acceptors (Lipinski definition) is 11. The van der Waals surface area contributed by atoms with Crippen molar-refractivity contribution in [3.8, 4) is 0 Å². The van der Waals surface area contributed by atoms with Crippen LogP contribution in [0.4, 0.5) is 10.8 Å². The highest BCUT2D eigenvalue weighted by Gasteiger charge is 2.40. The Balaban J connectivity index is 1.73. The summed E-state index contributed by atoms with van der Waals surface area (Å²) < 4.78 is 5.14. The number of nitrogens with zero attached hydrogens (tertiary/aromatic N) is 2. The van der Waals surface area contributed by atoms with Crippen LogP contribution in [0.1, 0.15) is 17.2 Å². The summed E-state index contributed by atoms with van der Waals surface area (Å²) in [6.07, 6.45) is 0. The van der Waals surface area contributed by atoms with Crippen LogP contribution in [0.5, 0.6) is 0 Å². The van der Waals surface area contributed by atoms with Crippen LogP contribution in [0.15, 0.2) is 41.2 Å². The summed E-state index contributed by atoms with van der Waals surface area (Å²) in [7, 11) is 0.899. The second-order valence-electron chi connectivity index (χ2n) is 7.59. The van der Waals surface area contributed by atoms with Gasteiger partial charge in [-0.05, 0) is 30.7 Å². The molecule has 0 saturated heterocycles. The molecule has 2 atom stereocenters. The molecule has 0 radical (unpaired) electrons. The van der Waals surface area contributed by atoms with Crippen molar-refractivity contribution in [3.05, 3.63) is 63.2 Å². The molecule has 0 bridgehead atoms. The van der Waals surface area contributed by atoms with Crippen LogP contribution in [-0.4, -0.2) is 50.7 Å². The number of esters is 1. The molecule has 4 rings (SSSR count). The van der Waals surface area contributed by atoms with Gasteiger partial charge in [0.1, 0.15) is 11.6 Å². The fourth-order valence-corrected chi connectivity index (χ4v) is 4.35. The van der Waals surface area contributed by atoms with Gasteiger partial charge in [-0.15, -0.1) is 0 Å². The smallest absolute Gasteiger partial charge is 0.375 e. The van der Waals surface area contributed by atoms with E-state index in [4.69, 9.17) is 5.21 Å². The SMILES string of the molecule is COC(=O)C(=O)C(C(=O)C(=O)Nc1nc2ccc(C)cc2s1)c1nc2ccc([NH+]([O-])O)cc2[nH]c1=O. The first-order chi connectivity index (χ1) is 17.1. The number of ether oxygens (including phenoxy) is 1. The Morgan fingerprint density at radius 3 is 2.53 bits per heavy atom. The third-order valence-corrected chi connectivity index (χ3v) is 6.07. The number of rotatable bonds is 7. The van der Waals surface area contributed by atoms with Gasteiger partial charge in [0.2, 0.25) is 5.78 Å². The van der Waals surface area contributed by atoms with E-state index in [1.165, 1.54) is 12.1 Å². The molecule has 0 fully saturated rings. The van der Waals surface area contributed by atoms with Crippen molar-refractivity contribution in [2.45, 2.75) is 12.8 Å². The highest BCUT2D eigenvalue weighted by atomic mass is 32.1. The summed E-state index contributed by atoms with van der Waals surface area (Å²) in [5.74, 6) is -7.87. The molecule has 36 heavy (non-hydrogen) atoms. The molecule has 2 aromatic carbocycles. The van der Waals surface area contributed by atoms with Crippen molar-refractivity contribution in [3.63, 3.8) is 0 Å². The lowest BCUT2D eigenvalue weighted by Crippen LogP contribution is -2.99. The van der Waals surface area contributed by atoms with Crippen molar-refractivity contribution < 1.29 is 34.3 Å². The van der Waals surface area contributed by atoms with Crippen LogP contribution in [-0.2, 0) is 23.9 Å². The van der Waals surface area contributed by atoms with Gasteiger partial charge in [-0.3, -0.25) is 24.5 Å². The molecular formula is C22H17N5O8S. The van der Waals surface area contributed by atoms with E-state index in [2.05, 4.69) is 25.0 Å². The average Bonchev–Trinajstić information content (AvgIpc) is 3.24. The second kappa shape index (κ2) is 9.71. The third-order valence-electron chi connectivity index (χ3n) is 5.14. The topological polar surface area (TPSA) is 196 Å². The molecular weight excluding hydrogens is 494 g/mol. The zero-order valence-corrected chi connectivity index (χ0v) is 19.5. The number of benzene rings is 2. The number of anilines is 1. The first-order valence-electron chi connectivity index (χ1n) is 10.2. The molecule has 2 heterocycles. The van der Waals surface area contributed by atoms with E-state index in [1.54, 1.807) is 6.07 Å². The van der Waals surface area contributed by atoms with Gasteiger partial charge < -0.3 is 14.9 Å². The molecule has 184 valence electrons. The van der Waals surface area contributed by atoms with Crippen molar-refractivity contribution in [1.82, 2.24) is 15.0 Å². The standard InChI is InChI=1S/C22H17N5O8S/c1-9-3-5-12-14(7-9)36-22(25-12)26-20(31)17(28)15(18(29)21(32)35-2)16-19(30)24-13-8-10(27(33)34)4-6-11(13)23-16/h3-8,15,27,33H,1-2H3,(H,24,30)(H,25,26,31). The Morgan fingerprint density at radius 2 is 1.83 bits per heavy atom. The van der Waals surface area contributed by atoms with Gasteiger partial charge >= 0.3 is 5.97 Å². The summed E-state index contributed by atoms with van der Waals surface area (Å²) in [4.78, 5) is 73.8. The summed E-state index contributed by atoms with van der Waals surface area (Å²) in [5, 5.41) is 21.4. The van der Waals surface area contributed by atoms with Crippen molar-refractivity contribution in [2.75, 3.05) is 12.4 Å². The van der Waals surface area contributed by atoms with Gasteiger partial charge in [-0.2, -0.15) is 5.23 Å². The van der Waals surface area contributed by atoms with Crippen molar-refractivity contribution in [2.24, 2.45) is 0 Å². The molecule has 2 unspecified atom stereocenters. The number of carbonyl (C=O) groups is 4. The van der Waals surface area contributed by atoms with Gasteiger partial charge in [0.25, 0.3) is 17.2 Å². The first kappa shape index (κ1) is 24.7. The van der Waals surface area contributed by atoms with Gasteiger partial charge in [0.15, 0.2) is 10.8 Å². The Morgan fingerprint density at radius 1 is 1.11 bits per heavy atom. The highest BCUT2D eigenvalue weighted by Crippen LogP contribution is 2.27. The van der Waals surface area contributed by atoms with Crippen LogP contribution in [0.2, 0.25) is 0 Å². The minimum absolute atomic E-state index is 0.00888. The van der Waals surface area contributed by atoms with Crippen molar-refractivity contribution >= 4 is 66.8 Å². The predicted octanol–water partition coefficient (Wildman–Crippen LogP) is 0.278. The summed E-state index contributed by atoms with van der Waals surface area (Å²) in [5.41, 5.74) is -0.368. The number of nitrogens with one attached hydrogen (secondary N) is 3. The number of aryl methyl sites for hydroxylation is 1. The second-order valence-corrected chi connectivity index (χ2v) is 8.62. The maximum atomic E-state index is 13.1. The molecule has 0 saturated carbocycles. The molecule has 0 aliphatic heterocycles. The van der Waals surface area contributed by atoms with E-state index in [9.17, 15) is 29.2 Å². The summed E-state index contributed by atoms with van der Waals surface area (Å²) in [6.45, 7) is 1.88. The van der Waals surface area contributed by atoms with E-state index in [0.717, 1.165) is 34.8 Å². The molecule has 4 N–H and O–H groups in total. The monoisotopic (exact) mass is 511 g/mol. The molecule has 4 aromatic rings. The lowest BCUT2D eigenvalue weighted by Gasteiger charge is -2.14. The summed E-state index contributed by atoms with van der Waals surface area (Å²) in [6, 6.07) is 8.96. The largest absolute Gasteiger partial charge is 0.595 e. The summed E-state index contributed by atoms with van der Waals surface area (Å²) >= 11 is 1.09. The van der Waals surface area contributed by atoms with E-state index >= 15 is 0 Å². The zero-order chi connectivity index (χ0) is 26.1. The van der Waals surface area contributed by atoms with Crippen LogP contribution >= 0.6 is 11.3 Å².